The lowest BCUT2D eigenvalue weighted by Gasteiger charge is -2.06. The summed E-state index contributed by atoms with van der Waals surface area (Å²) in [5, 5.41) is 6.24. The molecule has 0 amide bonds. The van der Waals surface area contributed by atoms with E-state index in [0.717, 1.165) is 5.33 Å². The van der Waals surface area contributed by atoms with Crippen molar-refractivity contribution in [2.24, 2.45) is 0 Å². The first-order valence-corrected chi connectivity index (χ1v) is 6.47. The highest BCUT2D eigenvalue weighted by Gasteiger charge is 2.02. The Morgan fingerprint density at radius 3 is 2.38 bits per heavy atom. The van der Waals surface area contributed by atoms with Crippen LogP contribution in [-0.2, 0) is 5.33 Å². The third-order valence-corrected chi connectivity index (χ3v) is 3.63. The van der Waals surface area contributed by atoms with Crippen LogP contribution in [-0.4, -0.2) is 0 Å². The van der Waals surface area contributed by atoms with Gasteiger partial charge in [-0.05, 0) is 27.1 Å². The molecule has 0 aliphatic rings. The molecule has 0 aliphatic heterocycles. The van der Waals surface area contributed by atoms with Crippen LogP contribution in [0.4, 0.5) is 0 Å². The lowest BCUT2D eigenvalue weighted by molar-refractivity contribution is 1.50. The minimum absolute atomic E-state index is 0.905. The maximum atomic E-state index is 3.54. The first kappa shape index (κ1) is 9.86. The van der Waals surface area contributed by atoms with E-state index in [4.69, 9.17) is 0 Å². The van der Waals surface area contributed by atoms with E-state index in [1.165, 1.54) is 27.1 Å². The summed E-state index contributed by atoms with van der Waals surface area (Å²) in [5.74, 6) is 0. The zero-order chi connectivity index (χ0) is 11.0. The molecule has 0 unspecified atom stereocenters. The van der Waals surface area contributed by atoms with E-state index < -0.39 is 0 Å². The second-order valence-corrected chi connectivity index (χ2v) is 4.49. The molecule has 0 nitrogen and oxygen atoms in total. The maximum absolute atomic E-state index is 3.54. The van der Waals surface area contributed by atoms with E-state index in [0.29, 0.717) is 0 Å². The second kappa shape index (κ2) is 3.91. The number of rotatable bonds is 1. The van der Waals surface area contributed by atoms with Crippen molar-refractivity contribution in [1.29, 1.82) is 0 Å². The number of hydrogen-bond donors (Lipinski definition) is 0. The van der Waals surface area contributed by atoms with Crippen LogP contribution in [0.15, 0.2) is 54.6 Å². The van der Waals surface area contributed by atoms with E-state index in [1.54, 1.807) is 0 Å². The summed E-state index contributed by atoms with van der Waals surface area (Å²) in [5.41, 5.74) is 1.35. The maximum Gasteiger partial charge on any atom is 0.0289 e. The Bertz CT molecular complexity index is 656. The van der Waals surface area contributed by atoms with Crippen molar-refractivity contribution in [2.45, 2.75) is 5.33 Å². The van der Waals surface area contributed by atoms with E-state index in [2.05, 4.69) is 70.5 Å². The minimum Gasteiger partial charge on any atom is -0.0876 e. The van der Waals surface area contributed by atoms with Crippen molar-refractivity contribution in [2.75, 3.05) is 0 Å². The summed E-state index contributed by atoms with van der Waals surface area (Å²) in [6.45, 7) is 0. The largest absolute Gasteiger partial charge is 0.0876 e. The Balaban J connectivity index is 2.52. The molecule has 0 spiro atoms. The van der Waals surface area contributed by atoms with Crippen molar-refractivity contribution in [3.8, 4) is 0 Å². The molecule has 0 N–H and O–H groups in total. The van der Waals surface area contributed by atoms with Gasteiger partial charge in [0.25, 0.3) is 0 Å². The summed E-state index contributed by atoms with van der Waals surface area (Å²) in [4.78, 5) is 0. The molecular weight excluding hydrogens is 260 g/mol. The van der Waals surface area contributed by atoms with Gasteiger partial charge in [-0.2, -0.15) is 0 Å². The van der Waals surface area contributed by atoms with Crippen LogP contribution >= 0.6 is 15.9 Å². The zero-order valence-electron chi connectivity index (χ0n) is 8.78. The quantitative estimate of drug-likeness (QED) is 0.436. The van der Waals surface area contributed by atoms with Crippen molar-refractivity contribution >= 4 is 37.5 Å². The second-order valence-electron chi connectivity index (χ2n) is 3.93. The molecule has 0 fully saturated rings. The number of hydrogen-bond acceptors (Lipinski definition) is 0. The normalized spacial score (nSPS) is 11.1. The van der Waals surface area contributed by atoms with Gasteiger partial charge < -0.3 is 0 Å². The molecule has 78 valence electrons. The van der Waals surface area contributed by atoms with Crippen LogP contribution in [0.1, 0.15) is 5.56 Å². The Morgan fingerprint density at radius 2 is 1.50 bits per heavy atom. The average Bonchev–Trinajstić information content (AvgIpc) is 2.37. The lowest BCUT2D eigenvalue weighted by atomic mass is 9.99. The van der Waals surface area contributed by atoms with Gasteiger partial charge in [0, 0.05) is 5.33 Å². The van der Waals surface area contributed by atoms with Crippen LogP contribution in [0.25, 0.3) is 21.5 Å². The van der Waals surface area contributed by atoms with Crippen molar-refractivity contribution < 1.29 is 0 Å². The number of fused-ring (bicyclic) bond motifs is 3. The number of halogens is 1. The molecule has 1 heteroatoms. The Morgan fingerprint density at radius 1 is 0.688 bits per heavy atom. The third kappa shape index (κ3) is 1.43. The van der Waals surface area contributed by atoms with E-state index >= 15 is 0 Å². The molecule has 0 saturated heterocycles. The fourth-order valence-electron chi connectivity index (χ4n) is 2.22. The lowest BCUT2D eigenvalue weighted by Crippen LogP contribution is -1.83. The number of benzene rings is 3. The Hall–Kier alpha value is -1.34. The predicted molar refractivity (Wildman–Crippen MR) is 74.1 cm³/mol. The highest BCUT2D eigenvalue weighted by molar-refractivity contribution is 9.08. The van der Waals surface area contributed by atoms with Gasteiger partial charge in [-0.3, -0.25) is 0 Å². The Kier molecular flexibility index (Phi) is 2.41. The molecule has 0 saturated carbocycles. The van der Waals surface area contributed by atoms with E-state index in [1.807, 2.05) is 0 Å². The standard InChI is InChI=1S/C15H11Br/c16-10-12-5-3-7-15-13-6-2-1-4-11(13)8-9-14(12)15/h1-9H,10H2. The monoisotopic (exact) mass is 270 g/mol. The average molecular weight is 271 g/mol. The van der Waals surface area contributed by atoms with Gasteiger partial charge in [0.15, 0.2) is 0 Å². The molecule has 0 radical (unpaired) electrons. The van der Waals surface area contributed by atoms with Crippen LogP contribution in [0.2, 0.25) is 0 Å². The van der Waals surface area contributed by atoms with Crippen molar-refractivity contribution in [3.63, 3.8) is 0 Å². The molecule has 0 heterocycles. The van der Waals surface area contributed by atoms with Crippen LogP contribution in [0, 0.1) is 0 Å². The molecule has 0 atom stereocenters. The molecule has 0 aliphatic carbocycles. The summed E-state index contributed by atoms with van der Waals surface area (Å²) < 4.78 is 0. The summed E-state index contributed by atoms with van der Waals surface area (Å²) in [7, 11) is 0. The predicted octanol–water partition coefficient (Wildman–Crippen LogP) is 4.89. The van der Waals surface area contributed by atoms with Crippen molar-refractivity contribution in [1.82, 2.24) is 0 Å². The summed E-state index contributed by atoms with van der Waals surface area (Å²) in [6.07, 6.45) is 0. The Labute approximate surface area is 103 Å². The van der Waals surface area contributed by atoms with Gasteiger partial charge in [-0.1, -0.05) is 70.5 Å². The molecular formula is C15H11Br. The van der Waals surface area contributed by atoms with E-state index in [-0.39, 0.29) is 0 Å². The van der Waals surface area contributed by atoms with Gasteiger partial charge >= 0.3 is 0 Å². The summed E-state index contributed by atoms with van der Waals surface area (Å²) >= 11 is 3.54. The topological polar surface area (TPSA) is 0 Å². The molecule has 3 aromatic rings. The first-order valence-electron chi connectivity index (χ1n) is 5.35. The highest BCUT2D eigenvalue weighted by atomic mass is 79.9. The molecule has 3 aromatic carbocycles. The van der Waals surface area contributed by atoms with Gasteiger partial charge in [-0.15, -0.1) is 0 Å². The van der Waals surface area contributed by atoms with Gasteiger partial charge in [0.1, 0.15) is 0 Å². The molecule has 0 aromatic heterocycles. The minimum atomic E-state index is 0.905. The summed E-state index contributed by atoms with van der Waals surface area (Å²) in [6, 6.07) is 19.5. The van der Waals surface area contributed by atoms with Gasteiger partial charge in [0.2, 0.25) is 0 Å². The number of alkyl halides is 1. The van der Waals surface area contributed by atoms with E-state index in [9.17, 15) is 0 Å². The fraction of sp³-hybridized carbons (Fsp3) is 0.0667. The zero-order valence-corrected chi connectivity index (χ0v) is 10.4. The van der Waals surface area contributed by atoms with Crippen LogP contribution in [0.5, 0.6) is 0 Å². The third-order valence-electron chi connectivity index (χ3n) is 3.02. The smallest absolute Gasteiger partial charge is 0.0289 e. The highest BCUT2D eigenvalue weighted by Crippen LogP contribution is 2.28. The van der Waals surface area contributed by atoms with Crippen molar-refractivity contribution in [3.05, 3.63) is 60.2 Å². The molecule has 0 bridgehead atoms. The SMILES string of the molecule is BrCc1cccc2c1ccc1ccccc12. The van der Waals surface area contributed by atoms with Gasteiger partial charge in [0.05, 0.1) is 0 Å². The van der Waals surface area contributed by atoms with Crippen LogP contribution < -0.4 is 0 Å². The fourth-order valence-corrected chi connectivity index (χ4v) is 2.71. The molecule has 16 heavy (non-hydrogen) atoms. The van der Waals surface area contributed by atoms with Gasteiger partial charge in [-0.25, -0.2) is 0 Å². The molecule has 3 rings (SSSR count). The first-order chi connectivity index (χ1) is 7.90. The van der Waals surface area contributed by atoms with Crippen LogP contribution in [0.3, 0.4) is 0 Å².